The number of carbonyl (C=O) groups is 8. The number of aromatic nitrogens is 1. The summed E-state index contributed by atoms with van der Waals surface area (Å²) in [6.45, 7) is 10.7. The van der Waals surface area contributed by atoms with E-state index < -0.39 is 22.6 Å². The summed E-state index contributed by atoms with van der Waals surface area (Å²) in [6.07, 6.45) is 6.89. The molecule has 146 heavy (non-hydrogen) atoms. The minimum Gasteiger partial charge on any atom is -0.334 e. The largest absolute Gasteiger partial charge is 0.334 e. The van der Waals surface area contributed by atoms with Gasteiger partial charge in [-0.05, 0) is 198 Å². The lowest BCUT2D eigenvalue weighted by Crippen LogP contribution is -2.38. The van der Waals surface area contributed by atoms with Crippen LogP contribution in [-0.2, 0) is 83.6 Å². The van der Waals surface area contributed by atoms with E-state index >= 15 is 0 Å². The number of carbonyl (C=O) groups excluding carboxylic acids is 8. The van der Waals surface area contributed by atoms with Gasteiger partial charge in [0.15, 0.2) is 0 Å². The molecule has 8 N–H and O–H groups in total. The van der Waals surface area contributed by atoms with Gasteiger partial charge in [0.1, 0.15) is 34.8 Å². The number of nitrogens with zero attached hydrogens (tertiary/aromatic N) is 2. The van der Waals surface area contributed by atoms with Crippen molar-refractivity contribution in [3.05, 3.63) is 543 Å². The standard InChI is InChI=1S/C17H20N2O.C16H15ClO.C16H15NO3.C15H12Br2O.C15H16N2O.C15H14O.C14H11ClF2N2O.C12H11N3O/c1-13(15-9-5-3-6-10-15)18-17(20)19-14(2)16-11-7-4-8-12-16;1-12-2-4-13(5-3-12)10-16(18)11-14-6-8-15(17)9-7-14;1-12-2-4-13(5-3-12)10-16(18)11-14-6-8-15(9-7-14)17(19)20;16-13-5-1-3-11(7-13)9-15(18)10-12-4-2-6-14(17)8-12;18-15(16-11-13-7-3-1-4-8-13)17-12-14-9-5-2-6-10-14;16-15(11-13-7-3-1-4-8-13)12-14-9-5-2-6-10-14;1-8-2-3-10(7-13(8)17)19-14(20)18-9-4-5-12(16)11(15)6-9;16-12(14-10-4-2-1-3-5-10)15-11-6-8-13-9-7-11/h3-14H,1-2H3,(H2,18,19,20);2-9H,10-11H2,1H3;2-9H,10-11H2,1H3;1-8H,9-10H2;1-10H,11-12H2,(H2,16,17,18);1-10H,11-12H2;2-7H,1H3,(H2,18,19,20);1-9H,(H2,13,14,15,16). The predicted molar refractivity (Wildman–Crippen MR) is 590 cm³/mol. The van der Waals surface area contributed by atoms with Crippen LogP contribution in [0.5, 0.6) is 0 Å². The molecule has 0 aliphatic heterocycles. The Morgan fingerprint density at radius 3 is 0.986 bits per heavy atom. The minimum atomic E-state index is -0.573. The number of hydrogen-bond acceptors (Lipinski definition) is 11. The quantitative estimate of drug-likeness (QED) is 0.0161. The van der Waals surface area contributed by atoms with Crippen LogP contribution in [0.4, 0.5) is 56.4 Å². The Balaban J connectivity index is 0.000000186. The van der Waals surface area contributed by atoms with Gasteiger partial charge >= 0.3 is 24.1 Å². The summed E-state index contributed by atoms with van der Waals surface area (Å²) in [5, 5.41) is 33.0. The zero-order valence-corrected chi connectivity index (χ0v) is 86.0. The second kappa shape index (κ2) is 63.1. The molecular formula is C120H114Br2Cl2F2N10O10. The van der Waals surface area contributed by atoms with Crippen LogP contribution in [-0.4, -0.2) is 57.2 Å². The van der Waals surface area contributed by atoms with Crippen molar-refractivity contribution in [1.82, 2.24) is 26.3 Å². The molecule has 0 radical (unpaired) electrons. The van der Waals surface area contributed by atoms with Gasteiger partial charge < -0.3 is 42.5 Å². The summed E-state index contributed by atoms with van der Waals surface area (Å²) >= 11 is 18.2. The number of urea groups is 4. The molecule has 0 aliphatic rings. The van der Waals surface area contributed by atoms with Crippen molar-refractivity contribution >= 4 is 131 Å². The molecular weight excluding hydrogens is 2010 g/mol. The van der Waals surface area contributed by atoms with Crippen molar-refractivity contribution in [3.63, 3.8) is 0 Å². The Labute approximate surface area is 878 Å². The molecule has 746 valence electrons. The van der Waals surface area contributed by atoms with Gasteiger partial charge in [0.25, 0.3) is 5.69 Å². The average Bonchev–Trinajstić information content (AvgIpc) is 0.738. The average molecular weight is 2130 g/mol. The van der Waals surface area contributed by atoms with E-state index in [0.717, 1.165) is 93.0 Å². The van der Waals surface area contributed by atoms with Crippen molar-refractivity contribution in [2.75, 3.05) is 21.3 Å². The highest BCUT2D eigenvalue weighted by Gasteiger charge is 2.16. The molecule has 2 atom stereocenters. The fourth-order valence-corrected chi connectivity index (χ4v) is 15.0. The maximum atomic E-state index is 13.3. The highest BCUT2D eigenvalue weighted by molar-refractivity contribution is 9.10. The van der Waals surface area contributed by atoms with E-state index in [1.54, 1.807) is 55.7 Å². The number of nitrogens with one attached hydrogen (secondary N) is 8. The molecule has 1 heterocycles. The first kappa shape index (κ1) is 114. The fourth-order valence-electron chi connectivity index (χ4n) is 13.8. The monoisotopic (exact) mass is 2120 g/mol. The van der Waals surface area contributed by atoms with Crippen LogP contribution >= 0.6 is 55.1 Å². The van der Waals surface area contributed by atoms with Gasteiger partial charge in [-0.1, -0.05) is 370 Å². The molecule has 0 saturated carbocycles. The van der Waals surface area contributed by atoms with Crippen molar-refractivity contribution in [3.8, 4) is 0 Å². The maximum Gasteiger partial charge on any atom is 0.323 e. The summed E-state index contributed by atoms with van der Waals surface area (Å²) < 4.78 is 28.3. The van der Waals surface area contributed by atoms with Gasteiger partial charge in [0.2, 0.25) is 0 Å². The Kier molecular flexibility index (Phi) is 49.1. The molecule has 0 aliphatic carbocycles. The van der Waals surface area contributed by atoms with E-state index in [0.29, 0.717) is 92.1 Å². The van der Waals surface area contributed by atoms with Crippen LogP contribution in [0.1, 0.15) is 109 Å². The summed E-state index contributed by atoms with van der Waals surface area (Å²) in [6, 6.07) is 124. The molecule has 15 aromatic carbocycles. The number of nitro groups is 1. The van der Waals surface area contributed by atoms with Gasteiger partial charge in [0.05, 0.1) is 22.0 Å². The molecule has 0 saturated heterocycles. The van der Waals surface area contributed by atoms with Crippen molar-refractivity contribution in [2.24, 2.45) is 0 Å². The predicted octanol–water partition coefficient (Wildman–Crippen LogP) is 28.7. The lowest BCUT2D eigenvalue weighted by molar-refractivity contribution is -0.384. The lowest BCUT2D eigenvalue weighted by Gasteiger charge is -2.18. The van der Waals surface area contributed by atoms with E-state index in [2.05, 4.69) is 79.4 Å². The number of Topliss-reactive ketones (excluding diaryl/α,β-unsaturated/α-hetero) is 4. The van der Waals surface area contributed by atoms with Gasteiger partial charge in [-0.2, -0.15) is 0 Å². The number of non-ortho nitro benzene ring substituents is 1. The molecule has 0 fully saturated rings. The Morgan fingerprint density at radius 2 is 0.623 bits per heavy atom. The van der Waals surface area contributed by atoms with Crippen molar-refractivity contribution in [1.29, 1.82) is 0 Å². The van der Waals surface area contributed by atoms with Gasteiger partial charge in [0, 0.05) is 126 Å². The Morgan fingerprint density at radius 1 is 0.315 bits per heavy atom. The van der Waals surface area contributed by atoms with Crippen LogP contribution in [0.25, 0.3) is 0 Å². The third kappa shape index (κ3) is 45.9. The lowest BCUT2D eigenvalue weighted by atomic mass is 10.0. The number of hydrogen-bond donors (Lipinski definition) is 8. The Bertz CT molecular complexity index is 6330. The van der Waals surface area contributed by atoms with Crippen LogP contribution in [0.15, 0.2) is 428 Å². The number of para-hydroxylation sites is 1. The third-order valence-corrected chi connectivity index (χ3v) is 23.0. The number of amides is 8. The highest BCUT2D eigenvalue weighted by Crippen LogP contribution is 2.24. The second-order valence-electron chi connectivity index (χ2n) is 33.6. The third-order valence-electron chi connectivity index (χ3n) is 21.4. The maximum absolute atomic E-state index is 13.3. The number of ketones is 4. The summed E-state index contributed by atoms with van der Waals surface area (Å²) in [5.41, 5.74) is 17.5. The molecule has 16 aromatic rings. The second-order valence-corrected chi connectivity index (χ2v) is 36.2. The fraction of sp³-hybridized carbons (Fsp3) is 0.142. The van der Waals surface area contributed by atoms with Gasteiger partial charge in [-0.3, -0.25) is 34.3 Å². The van der Waals surface area contributed by atoms with E-state index in [4.69, 9.17) is 23.2 Å². The van der Waals surface area contributed by atoms with Gasteiger partial charge in [-0.15, -0.1) is 0 Å². The first-order valence-electron chi connectivity index (χ1n) is 46.8. The number of halogens is 6. The number of anilines is 4. The first-order valence-corrected chi connectivity index (χ1v) is 49.1. The molecule has 2 unspecified atom stereocenters. The van der Waals surface area contributed by atoms with E-state index in [-0.39, 0.29) is 64.0 Å². The molecule has 0 spiro atoms. The SMILES string of the molecule is CC(NC(=O)NC(C)c1ccccc1)c1ccccc1.Cc1ccc(CC(=O)Cc2ccc(Cl)cc2)cc1.Cc1ccc(CC(=O)Cc2ccc([N+](=O)[O-])cc2)cc1.Cc1ccc(NC(=O)Nc2ccc(F)c(Cl)c2)cc1F.O=C(Cc1cccc(Br)c1)Cc1cccc(Br)c1.O=C(Cc1ccccc1)Cc1ccccc1.O=C(NCc1ccccc1)NCc1ccccc1.O=C(Nc1ccccc1)Nc1ccncc1. The van der Waals surface area contributed by atoms with Crippen LogP contribution in [0, 0.1) is 42.5 Å². The smallest absolute Gasteiger partial charge is 0.323 e. The molecule has 26 heteroatoms. The molecule has 8 amide bonds. The number of pyridine rings is 1. The van der Waals surface area contributed by atoms with Crippen LogP contribution < -0.4 is 42.5 Å². The molecule has 0 bridgehead atoms. The van der Waals surface area contributed by atoms with Gasteiger partial charge in [-0.25, -0.2) is 28.0 Å². The molecule has 20 nitrogen and oxygen atoms in total. The zero-order valence-electron chi connectivity index (χ0n) is 81.3. The van der Waals surface area contributed by atoms with Crippen molar-refractivity contribution in [2.45, 2.75) is 111 Å². The summed E-state index contributed by atoms with van der Waals surface area (Å²) in [4.78, 5) is 108. The number of benzene rings is 15. The number of rotatable bonds is 29. The Hall–Kier alpha value is -16.0. The van der Waals surface area contributed by atoms with Crippen LogP contribution in [0.2, 0.25) is 10.0 Å². The summed E-state index contributed by atoms with van der Waals surface area (Å²) in [7, 11) is 0. The molecule has 1 aromatic heterocycles. The topological polar surface area (TPSA) is 289 Å². The van der Waals surface area contributed by atoms with E-state index in [9.17, 15) is 57.3 Å². The van der Waals surface area contributed by atoms with Crippen LogP contribution in [0.3, 0.4) is 0 Å². The number of nitro benzene ring substituents is 1. The normalized spacial score (nSPS) is 10.5. The summed E-state index contributed by atoms with van der Waals surface area (Å²) in [5.74, 6) is -0.168. The van der Waals surface area contributed by atoms with E-state index in [1.165, 1.54) is 35.9 Å². The van der Waals surface area contributed by atoms with E-state index in [1.807, 2.05) is 361 Å². The zero-order chi connectivity index (χ0) is 105. The molecule has 16 rings (SSSR count). The first-order chi connectivity index (χ1) is 70.5. The van der Waals surface area contributed by atoms with Crippen molar-refractivity contribution < 1.29 is 52.1 Å². The minimum absolute atomic E-state index is 0.0147. The number of aryl methyl sites for hydroxylation is 3. The highest BCUT2D eigenvalue weighted by atomic mass is 79.9.